The summed E-state index contributed by atoms with van der Waals surface area (Å²) in [5.41, 5.74) is 0.654. The molecule has 38 heavy (non-hydrogen) atoms. The van der Waals surface area contributed by atoms with E-state index < -0.39 is 20.0 Å². The van der Waals surface area contributed by atoms with Crippen molar-refractivity contribution in [3.63, 3.8) is 0 Å². The zero-order valence-corrected chi connectivity index (χ0v) is 23.3. The van der Waals surface area contributed by atoms with Crippen LogP contribution in [0.2, 0.25) is 0 Å². The molecule has 204 valence electrons. The van der Waals surface area contributed by atoms with E-state index in [2.05, 4.69) is 14.9 Å². The Morgan fingerprint density at radius 3 is 2.39 bits per heavy atom. The second-order valence-corrected chi connectivity index (χ2v) is 12.4. The first-order valence-corrected chi connectivity index (χ1v) is 15.0. The molecule has 0 radical (unpaired) electrons. The highest BCUT2D eigenvalue weighted by Gasteiger charge is 2.31. The van der Waals surface area contributed by atoms with E-state index in [0.717, 1.165) is 31.7 Å². The number of hydrogen-bond donors (Lipinski definition) is 2. The fraction of sp³-hybridized carbons (Fsp3) is 0.280. The van der Waals surface area contributed by atoms with Crippen molar-refractivity contribution in [2.45, 2.75) is 16.2 Å². The number of nitrogens with zero attached hydrogens (tertiary/aromatic N) is 2. The molecule has 0 spiro atoms. The van der Waals surface area contributed by atoms with Crippen LogP contribution in [-0.4, -0.2) is 57.2 Å². The van der Waals surface area contributed by atoms with E-state index in [0.29, 0.717) is 10.4 Å². The monoisotopic (exact) mass is 580 g/mol. The van der Waals surface area contributed by atoms with Crippen LogP contribution >= 0.6 is 11.8 Å². The molecule has 3 aromatic rings. The highest BCUT2D eigenvalue weighted by Crippen LogP contribution is 2.39. The maximum absolute atomic E-state index is 13.7. The molecule has 1 aliphatic heterocycles. The predicted octanol–water partition coefficient (Wildman–Crippen LogP) is 3.65. The third-order valence-electron chi connectivity index (χ3n) is 6.03. The summed E-state index contributed by atoms with van der Waals surface area (Å²) in [5, 5.41) is 3.33. The van der Waals surface area contributed by atoms with E-state index in [4.69, 9.17) is 21.3 Å². The molecular weight excluding hydrogens is 552 g/mol. The molecule has 0 atom stereocenters. The highest BCUT2D eigenvalue weighted by atomic mass is 35.5. The summed E-state index contributed by atoms with van der Waals surface area (Å²) in [6.07, 6.45) is 0.901. The summed E-state index contributed by atoms with van der Waals surface area (Å²) >= 11 is 6.49. The Morgan fingerprint density at radius 1 is 0.921 bits per heavy atom. The number of methoxy groups -OCH3 is 2. The van der Waals surface area contributed by atoms with Crippen LogP contribution in [0.3, 0.4) is 0 Å². The van der Waals surface area contributed by atoms with Crippen molar-refractivity contribution < 1.29 is 26.3 Å². The lowest BCUT2D eigenvalue weighted by atomic mass is 10.2. The predicted molar refractivity (Wildman–Crippen MR) is 148 cm³/mol. The smallest absolute Gasteiger partial charge is 0.282 e. The van der Waals surface area contributed by atoms with Gasteiger partial charge in [-0.15, -0.1) is 0 Å². The van der Waals surface area contributed by atoms with E-state index in [1.807, 2.05) is 0 Å². The first-order valence-electron chi connectivity index (χ1n) is 11.8. The lowest BCUT2D eigenvalue weighted by Crippen LogP contribution is -2.28. The third-order valence-corrected chi connectivity index (χ3v) is 9.63. The van der Waals surface area contributed by atoms with Crippen LogP contribution in [0.25, 0.3) is 0 Å². The molecular formula is C25H29ClN4O6S2. The summed E-state index contributed by atoms with van der Waals surface area (Å²) in [7, 11) is -5.74. The average molecular weight is 581 g/mol. The van der Waals surface area contributed by atoms with Gasteiger partial charge in [0, 0.05) is 43.2 Å². The first kappa shape index (κ1) is 27.8. The molecule has 10 nitrogen and oxygen atoms in total. The molecule has 1 fully saturated rings. The second-order valence-electron chi connectivity index (χ2n) is 8.45. The van der Waals surface area contributed by atoms with E-state index in [9.17, 15) is 16.8 Å². The molecule has 0 amide bonds. The van der Waals surface area contributed by atoms with Crippen molar-refractivity contribution in [3.8, 4) is 11.5 Å². The lowest BCUT2D eigenvalue weighted by molar-refractivity contribution is 0.392. The van der Waals surface area contributed by atoms with Gasteiger partial charge in [0.1, 0.15) is 16.4 Å². The van der Waals surface area contributed by atoms with Crippen molar-refractivity contribution in [3.05, 3.63) is 66.7 Å². The quantitative estimate of drug-likeness (QED) is 0.368. The summed E-state index contributed by atoms with van der Waals surface area (Å²) in [6, 6.07) is 16.9. The van der Waals surface area contributed by atoms with Gasteiger partial charge < -0.3 is 19.7 Å². The van der Waals surface area contributed by atoms with Crippen molar-refractivity contribution in [2.24, 2.45) is 0 Å². The maximum atomic E-state index is 13.7. The van der Waals surface area contributed by atoms with Crippen LogP contribution in [0.1, 0.15) is 6.42 Å². The fourth-order valence-electron chi connectivity index (χ4n) is 4.06. The largest absolute Gasteiger partial charge is 0.497 e. The molecule has 1 saturated heterocycles. The number of halogens is 1. The Morgan fingerprint density at radius 2 is 1.68 bits per heavy atom. The van der Waals surface area contributed by atoms with Gasteiger partial charge in [0.15, 0.2) is 0 Å². The van der Waals surface area contributed by atoms with Crippen LogP contribution in [0, 0.1) is 0 Å². The number of anilines is 3. The Labute approximate surface area is 228 Å². The summed E-state index contributed by atoms with van der Waals surface area (Å²) < 4.78 is 67.3. The molecule has 0 bridgehead atoms. The SMILES string of the molecule is COc1ccc(OC)c(S(=O)(=O)N(Cl)c2ccc(N3CCCNCC3)cc2NS(=O)(=O)c2ccccc2)c1. The van der Waals surface area contributed by atoms with Crippen LogP contribution in [0.15, 0.2) is 76.5 Å². The molecule has 0 saturated carbocycles. The molecule has 4 rings (SSSR count). The van der Waals surface area contributed by atoms with Gasteiger partial charge in [0.2, 0.25) is 0 Å². The molecule has 1 aliphatic rings. The van der Waals surface area contributed by atoms with Crippen molar-refractivity contribution in [1.29, 1.82) is 0 Å². The van der Waals surface area contributed by atoms with Crippen molar-refractivity contribution in [1.82, 2.24) is 5.32 Å². The van der Waals surface area contributed by atoms with E-state index in [-0.39, 0.29) is 32.7 Å². The Hall–Kier alpha value is -3.19. The zero-order chi connectivity index (χ0) is 27.3. The Kier molecular flexibility index (Phi) is 8.56. The van der Waals surface area contributed by atoms with Gasteiger partial charge in [-0.25, -0.2) is 8.42 Å². The van der Waals surface area contributed by atoms with E-state index in [1.165, 1.54) is 44.6 Å². The van der Waals surface area contributed by atoms with Gasteiger partial charge in [-0.1, -0.05) is 18.2 Å². The lowest BCUT2D eigenvalue weighted by Gasteiger charge is -2.26. The molecule has 0 unspecified atom stereocenters. The third kappa shape index (κ3) is 5.93. The van der Waals surface area contributed by atoms with Gasteiger partial charge in [-0.3, -0.25) is 4.72 Å². The average Bonchev–Trinajstić information content (AvgIpc) is 3.22. The molecule has 2 N–H and O–H groups in total. The Bertz CT molecular complexity index is 1480. The minimum atomic E-state index is -4.42. The van der Waals surface area contributed by atoms with Gasteiger partial charge in [-0.05, 0) is 55.4 Å². The topological polar surface area (TPSA) is 117 Å². The van der Waals surface area contributed by atoms with Crippen LogP contribution in [0.4, 0.5) is 17.1 Å². The van der Waals surface area contributed by atoms with E-state index in [1.54, 1.807) is 36.4 Å². The fourth-order valence-corrected chi connectivity index (χ4v) is 6.78. The number of rotatable bonds is 9. The normalized spacial score (nSPS) is 14.4. The first-order chi connectivity index (χ1) is 18.2. The standard InChI is InChI=1S/C25H29ClN4O6S2/c1-35-20-10-12-24(36-2)25(18-20)38(33,34)30(26)23-11-9-19(29-15-6-13-27-14-16-29)17-22(23)28-37(31,32)21-7-4-3-5-8-21/h3-5,7-12,17-18,27-28H,6,13-16H2,1-2H3. The van der Waals surface area contributed by atoms with Gasteiger partial charge in [0.25, 0.3) is 20.0 Å². The van der Waals surface area contributed by atoms with Gasteiger partial charge >= 0.3 is 0 Å². The molecule has 0 aliphatic carbocycles. The minimum absolute atomic E-state index is 0.00370. The van der Waals surface area contributed by atoms with E-state index >= 15 is 0 Å². The molecule has 3 aromatic carbocycles. The second kappa shape index (κ2) is 11.7. The maximum Gasteiger partial charge on any atom is 0.282 e. The van der Waals surface area contributed by atoms with Crippen LogP contribution < -0.4 is 28.2 Å². The number of ether oxygens (including phenoxy) is 2. The zero-order valence-electron chi connectivity index (χ0n) is 20.9. The molecule has 0 aromatic heterocycles. The molecule has 13 heteroatoms. The van der Waals surface area contributed by atoms with Gasteiger partial charge in [-0.2, -0.15) is 12.2 Å². The number of nitrogens with one attached hydrogen (secondary N) is 2. The summed E-state index contributed by atoms with van der Waals surface area (Å²) in [5.74, 6) is 0.334. The van der Waals surface area contributed by atoms with Crippen molar-refractivity contribution in [2.75, 3.05) is 53.8 Å². The highest BCUT2D eigenvalue weighted by molar-refractivity contribution is 7.94. The number of hydrogen-bond acceptors (Lipinski definition) is 8. The number of sulfonamides is 2. The minimum Gasteiger partial charge on any atom is -0.497 e. The molecule has 1 heterocycles. The van der Waals surface area contributed by atoms with Crippen LogP contribution in [-0.2, 0) is 20.0 Å². The summed E-state index contributed by atoms with van der Waals surface area (Å²) in [6.45, 7) is 3.09. The van der Waals surface area contributed by atoms with Crippen molar-refractivity contribution >= 4 is 48.9 Å². The van der Waals surface area contributed by atoms with Crippen LogP contribution in [0.5, 0.6) is 11.5 Å². The number of benzene rings is 3. The Balaban J connectivity index is 1.81. The van der Waals surface area contributed by atoms with Gasteiger partial charge in [0.05, 0.1) is 30.5 Å². The summed E-state index contributed by atoms with van der Waals surface area (Å²) in [4.78, 5) is 1.88.